The van der Waals surface area contributed by atoms with Crippen LogP contribution < -0.4 is 9.04 Å². The van der Waals surface area contributed by atoms with Gasteiger partial charge in [-0.25, -0.2) is 12.7 Å². The Labute approximate surface area is 173 Å². The number of carbonyl (C=O) groups excluding carboxylic acids is 2. The average molecular weight is 432 g/mol. The highest BCUT2D eigenvalue weighted by atomic mass is 35.5. The highest BCUT2D eigenvalue weighted by Crippen LogP contribution is 2.41. The fourth-order valence-electron chi connectivity index (χ4n) is 3.00. The summed E-state index contributed by atoms with van der Waals surface area (Å²) in [4.78, 5) is 23.9. The Morgan fingerprint density at radius 3 is 2.10 bits per heavy atom. The predicted octanol–water partition coefficient (Wildman–Crippen LogP) is 4.47. The molecule has 150 valence electrons. The van der Waals surface area contributed by atoms with E-state index in [1.54, 1.807) is 36.4 Å². The van der Waals surface area contributed by atoms with Crippen molar-refractivity contribution >= 4 is 50.0 Å². The van der Waals surface area contributed by atoms with Gasteiger partial charge in [-0.05, 0) is 25.1 Å². The van der Waals surface area contributed by atoms with Gasteiger partial charge >= 0.3 is 5.97 Å². The van der Waals surface area contributed by atoms with Crippen LogP contribution in [0.25, 0.3) is 10.8 Å². The van der Waals surface area contributed by atoms with E-state index in [1.807, 2.05) is 6.92 Å². The van der Waals surface area contributed by atoms with E-state index in [2.05, 4.69) is 0 Å². The lowest BCUT2D eigenvalue weighted by atomic mass is 10.1. The van der Waals surface area contributed by atoms with E-state index in [4.69, 9.17) is 16.3 Å². The molecule has 0 saturated carbocycles. The van der Waals surface area contributed by atoms with Gasteiger partial charge in [0.2, 0.25) is 5.91 Å². The minimum atomic E-state index is -4.20. The third-order valence-corrected chi connectivity index (χ3v) is 6.32. The molecule has 3 rings (SSSR count). The van der Waals surface area contributed by atoms with Crippen molar-refractivity contribution in [2.45, 2.75) is 25.7 Å². The molecule has 1 amide bonds. The van der Waals surface area contributed by atoms with Crippen molar-refractivity contribution < 1.29 is 22.7 Å². The first kappa shape index (κ1) is 20.8. The molecule has 0 spiro atoms. The zero-order chi connectivity index (χ0) is 21.3. The number of sulfonamides is 1. The van der Waals surface area contributed by atoms with E-state index in [0.29, 0.717) is 15.1 Å². The maximum atomic E-state index is 13.3. The number of hydrogen-bond donors (Lipinski definition) is 0. The van der Waals surface area contributed by atoms with Crippen LogP contribution in [0.3, 0.4) is 0 Å². The number of aryl methyl sites for hydroxylation is 1. The number of anilines is 1. The number of halogens is 1. The summed E-state index contributed by atoms with van der Waals surface area (Å²) in [5.41, 5.74) is 0.965. The summed E-state index contributed by atoms with van der Waals surface area (Å²) in [6.45, 7) is 4.23. The fourth-order valence-corrected chi connectivity index (χ4v) is 4.68. The molecule has 0 aliphatic heterocycles. The zero-order valence-electron chi connectivity index (χ0n) is 16.0. The average Bonchev–Trinajstić information content (AvgIpc) is 2.64. The normalized spacial score (nSPS) is 11.3. The SMILES string of the molecule is CC(=O)Oc1c(Cl)cc(N(C(C)=O)S(=O)(=O)c2ccc(C)cc2)c2ccccc12. The molecule has 0 saturated heterocycles. The third-order valence-electron chi connectivity index (χ3n) is 4.24. The zero-order valence-corrected chi connectivity index (χ0v) is 17.5. The smallest absolute Gasteiger partial charge is 0.308 e. The summed E-state index contributed by atoms with van der Waals surface area (Å²) in [5.74, 6) is -1.16. The molecule has 6 nitrogen and oxygen atoms in total. The van der Waals surface area contributed by atoms with Gasteiger partial charge in [0.05, 0.1) is 15.6 Å². The molecule has 0 aromatic heterocycles. The second kappa shape index (κ2) is 7.85. The van der Waals surface area contributed by atoms with Gasteiger partial charge in [0.1, 0.15) is 0 Å². The Morgan fingerprint density at radius 1 is 0.966 bits per heavy atom. The van der Waals surface area contributed by atoms with Gasteiger partial charge in [0, 0.05) is 24.6 Å². The molecule has 0 fully saturated rings. The van der Waals surface area contributed by atoms with Gasteiger partial charge in [0.15, 0.2) is 5.75 Å². The first-order chi connectivity index (χ1) is 13.6. The number of amides is 1. The molecule has 0 aliphatic rings. The Kier molecular flexibility index (Phi) is 5.64. The summed E-state index contributed by atoms with van der Waals surface area (Å²) in [6.07, 6.45) is 0. The van der Waals surface area contributed by atoms with E-state index in [0.717, 1.165) is 12.5 Å². The first-order valence-electron chi connectivity index (χ1n) is 8.65. The molecule has 0 atom stereocenters. The number of rotatable bonds is 4. The minimum absolute atomic E-state index is 0.0132. The molecule has 3 aromatic carbocycles. The number of carbonyl (C=O) groups is 2. The lowest BCUT2D eigenvalue weighted by molar-refractivity contribution is -0.131. The van der Waals surface area contributed by atoms with E-state index in [-0.39, 0.29) is 21.4 Å². The van der Waals surface area contributed by atoms with Crippen molar-refractivity contribution in [3.05, 3.63) is 65.2 Å². The number of benzene rings is 3. The molecule has 0 N–H and O–H groups in total. The molecule has 0 bridgehead atoms. The van der Waals surface area contributed by atoms with Crippen LogP contribution in [0.1, 0.15) is 19.4 Å². The number of nitrogens with zero attached hydrogens (tertiary/aromatic N) is 1. The minimum Gasteiger partial charge on any atom is -0.424 e. The van der Waals surface area contributed by atoms with Gasteiger partial charge in [0.25, 0.3) is 10.0 Å². The molecular formula is C21H18ClNO5S. The molecule has 0 aliphatic carbocycles. The van der Waals surface area contributed by atoms with Crippen LogP contribution in [0.4, 0.5) is 5.69 Å². The third kappa shape index (κ3) is 3.97. The largest absolute Gasteiger partial charge is 0.424 e. The van der Waals surface area contributed by atoms with E-state index >= 15 is 0 Å². The van der Waals surface area contributed by atoms with E-state index in [1.165, 1.54) is 25.1 Å². The summed E-state index contributed by atoms with van der Waals surface area (Å²) in [7, 11) is -4.20. The maximum absolute atomic E-state index is 13.3. The summed E-state index contributed by atoms with van der Waals surface area (Å²) in [6, 6.07) is 14.2. The van der Waals surface area contributed by atoms with E-state index in [9.17, 15) is 18.0 Å². The van der Waals surface area contributed by atoms with Crippen molar-refractivity contribution in [1.29, 1.82) is 0 Å². The summed E-state index contributed by atoms with van der Waals surface area (Å²) < 4.78 is 32.5. The van der Waals surface area contributed by atoms with Gasteiger partial charge < -0.3 is 4.74 Å². The maximum Gasteiger partial charge on any atom is 0.308 e. The summed E-state index contributed by atoms with van der Waals surface area (Å²) in [5, 5.41) is 0.828. The number of fused-ring (bicyclic) bond motifs is 1. The van der Waals surface area contributed by atoms with Crippen LogP contribution in [0.15, 0.2) is 59.5 Å². The highest BCUT2D eigenvalue weighted by molar-refractivity contribution is 7.93. The molecule has 0 radical (unpaired) electrons. The fraction of sp³-hybridized carbons (Fsp3) is 0.143. The van der Waals surface area contributed by atoms with Crippen LogP contribution in [0.2, 0.25) is 5.02 Å². The van der Waals surface area contributed by atoms with Gasteiger partial charge in [-0.3, -0.25) is 9.59 Å². The van der Waals surface area contributed by atoms with Crippen molar-refractivity contribution in [2.75, 3.05) is 4.31 Å². The standard InChI is InChI=1S/C21H18ClNO5S/c1-13-8-10-16(11-9-13)29(26,27)23(14(2)24)20-12-19(22)21(28-15(3)25)18-7-5-4-6-17(18)20/h4-12H,1-3H3. The lowest BCUT2D eigenvalue weighted by Gasteiger charge is -2.24. The Bertz CT molecular complexity index is 1220. The van der Waals surface area contributed by atoms with E-state index < -0.39 is 21.9 Å². The van der Waals surface area contributed by atoms with Crippen molar-refractivity contribution in [3.63, 3.8) is 0 Å². The second-order valence-corrected chi connectivity index (χ2v) is 8.64. The quantitative estimate of drug-likeness (QED) is 0.449. The second-order valence-electron chi connectivity index (χ2n) is 6.45. The van der Waals surface area contributed by atoms with Gasteiger partial charge in [-0.15, -0.1) is 0 Å². The summed E-state index contributed by atoms with van der Waals surface area (Å²) >= 11 is 6.31. The molecular weight excluding hydrogens is 414 g/mol. The number of ether oxygens (including phenoxy) is 1. The highest BCUT2D eigenvalue weighted by Gasteiger charge is 2.31. The number of esters is 1. The van der Waals surface area contributed by atoms with Crippen molar-refractivity contribution in [2.24, 2.45) is 0 Å². The first-order valence-corrected chi connectivity index (χ1v) is 10.5. The van der Waals surface area contributed by atoms with Crippen LogP contribution in [-0.2, 0) is 19.6 Å². The molecule has 0 unspecified atom stereocenters. The molecule has 0 heterocycles. The Hall–Kier alpha value is -2.90. The number of hydrogen-bond acceptors (Lipinski definition) is 5. The van der Waals surface area contributed by atoms with Gasteiger partial charge in [-0.1, -0.05) is 53.6 Å². The monoisotopic (exact) mass is 431 g/mol. The Morgan fingerprint density at radius 2 is 1.55 bits per heavy atom. The predicted molar refractivity (Wildman–Crippen MR) is 112 cm³/mol. The topological polar surface area (TPSA) is 80.8 Å². The Balaban J connectivity index is 2.30. The van der Waals surface area contributed by atoms with Crippen molar-refractivity contribution in [3.8, 4) is 5.75 Å². The van der Waals surface area contributed by atoms with Crippen LogP contribution >= 0.6 is 11.6 Å². The van der Waals surface area contributed by atoms with Crippen LogP contribution in [0.5, 0.6) is 5.75 Å². The molecule has 8 heteroatoms. The van der Waals surface area contributed by atoms with Crippen LogP contribution in [0, 0.1) is 6.92 Å². The lowest BCUT2D eigenvalue weighted by Crippen LogP contribution is -2.35. The van der Waals surface area contributed by atoms with Crippen LogP contribution in [-0.4, -0.2) is 20.3 Å². The molecule has 3 aromatic rings. The van der Waals surface area contributed by atoms with Crippen molar-refractivity contribution in [1.82, 2.24) is 0 Å². The van der Waals surface area contributed by atoms with Gasteiger partial charge in [-0.2, -0.15) is 0 Å². The molecule has 29 heavy (non-hydrogen) atoms.